The molecule has 2 rings (SSSR count). The molecule has 2 nitrogen and oxygen atoms in total. The van der Waals surface area contributed by atoms with E-state index in [0.29, 0.717) is 5.56 Å². The number of anilines is 1. The first kappa shape index (κ1) is 17.2. The molecule has 0 atom stereocenters. The van der Waals surface area contributed by atoms with Crippen LogP contribution >= 0.6 is 15.9 Å². The zero-order valence-electron chi connectivity index (χ0n) is 11.5. The molecule has 0 aliphatic carbocycles. The number of nitrogens with one attached hydrogen (secondary N) is 1. The molecule has 120 valence electrons. The summed E-state index contributed by atoms with van der Waals surface area (Å²) in [5.74, 6) is -1.07. The van der Waals surface area contributed by atoms with Crippen molar-refractivity contribution in [1.29, 1.82) is 0 Å². The molecule has 0 heterocycles. The molecule has 2 aromatic carbocycles. The fourth-order valence-electron chi connectivity index (χ4n) is 1.79. The van der Waals surface area contributed by atoms with Crippen LogP contribution in [0.2, 0.25) is 0 Å². The Kier molecular flexibility index (Phi) is 5.20. The average molecular weight is 388 g/mol. The van der Waals surface area contributed by atoms with E-state index < -0.39 is 23.5 Å². The van der Waals surface area contributed by atoms with Crippen molar-refractivity contribution in [3.05, 3.63) is 70.0 Å². The van der Waals surface area contributed by atoms with Crippen LogP contribution in [0.4, 0.5) is 23.2 Å². The number of benzene rings is 2. The first-order chi connectivity index (χ1) is 10.8. The van der Waals surface area contributed by atoms with Gasteiger partial charge >= 0.3 is 6.18 Å². The molecule has 0 spiro atoms. The summed E-state index contributed by atoms with van der Waals surface area (Å²) in [7, 11) is 0. The second-order valence-electron chi connectivity index (χ2n) is 4.57. The van der Waals surface area contributed by atoms with Gasteiger partial charge in [-0.05, 0) is 42.0 Å². The first-order valence-corrected chi connectivity index (χ1v) is 7.16. The summed E-state index contributed by atoms with van der Waals surface area (Å²) in [6, 6.07) is 8.94. The molecule has 0 aromatic heterocycles. The van der Waals surface area contributed by atoms with Crippen molar-refractivity contribution >= 4 is 33.6 Å². The van der Waals surface area contributed by atoms with E-state index in [1.165, 1.54) is 36.4 Å². The van der Waals surface area contributed by atoms with Crippen LogP contribution in [0.1, 0.15) is 11.1 Å². The van der Waals surface area contributed by atoms with Crippen molar-refractivity contribution in [2.45, 2.75) is 6.18 Å². The van der Waals surface area contributed by atoms with Crippen LogP contribution in [-0.4, -0.2) is 5.91 Å². The van der Waals surface area contributed by atoms with E-state index in [9.17, 15) is 22.4 Å². The molecule has 0 unspecified atom stereocenters. The smallest absolute Gasteiger partial charge is 0.322 e. The fourth-order valence-corrected chi connectivity index (χ4v) is 2.26. The van der Waals surface area contributed by atoms with Crippen molar-refractivity contribution in [3.8, 4) is 0 Å². The molecule has 0 fully saturated rings. The van der Waals surface area contributed by atoms with Gasteiger partial charge in [-0.3, -0.25) is 4.79 Å². The van der Waals surface area contributed by atoms with Crippen molar-refractivity contribution in [2.24, 2.45) is 0 Å². The molecule has 0 saturated carbocycles. The number of hydrogen-bond donors (Lipinski definition) is 1. The number of halogens is 5. The third-order valence-corrected chi connectivity index (χ3v) is 3.51. The van der Waals surface area contributed by atoms with E-state index in [-0.39, 0.29) is 10.2 Å². The summed E-state index contributed by atoms with van der Waals surface area (Å²) in [4.78, 5) is 11.7. The Morgan fingerprint density at radius 1 is 1.13 bits per heavy atom. The van der Waals surface area contributed by atoms with Crippen LogP contribution in [0.25, 0.3) is 6.08 Å². The minimum atomic E-state index is -4.53. The quantitative estimate of drug-likeness (QED) is 0.564. The average Bonchev–Trinajstić information content (AvgIpc) is 2.46. The van der Waals surface area contributed by atoms with Crippen LogP contribution in [-0.2, 0) is 11.0 Å². The lowest BCUT2D eigenvalue weighted by molar-refractivity contribution is -0.138. The third kappa shape index (κ3) is 4.92. The minimum absolute atomic E-state index is 0.00872. The SMILES string of the molecule is O=C(/C=C/c1cccc(F)c1)Nc1ccc(Br)c(C(F)(F)F)c1. The molecule has 1 amide bonds. The maximum atomic E-state index is 13.0. The Bertz CT molecular complexity index is 756. The third-order valence-electron chi connectivity index (χ3n) is 2.82. The predicted octanol–water partition coefficient (Wildman–Crippen LogP) is 5.26. The van der Waals surface area contributed by atoms with Crippen LogP contribution < -0.4 is 5.32 Å². The standard InChI is InChI=1S/C16H10BrF4NO/c17-14-6-5-12(9-13(14)16(19,20)21)22-15(23)7-4-10-2-1-3-11(18)8-10/h1-9H,(H,22,23)/b7-4+. The second-order valence-corrected chi connectivity index (χ2v) is 5.42. The van der Waals surface area contributed by atoms with Crippen LogP contribution in [0.15, 0.2) is 53.0 Å². The zero-order chi connectivity index (χ0) is 17.0. The maximum absolute atomic E-state index is 13.0. The van der Waals surface area contributed by atoms with Crippen molar-refractivity contribution < 1.29 is 22.4 Å². The van der Waals surface area contributed by atoms with E-state index in [2.05, 4.69) is 21.2 Å². The number of rotatable bonds is 3. The van der Waals surface area contributed by atoms with Gasteiger partial charge < -0.3 is 5.32 Å². The van der Waals surface area contributed by atoms with Gasteiger partial charge in [0.1, 0.15) is 5.82 Å². The molecular weight excluding hydrogens is 378 g/mol. The molecule has 23 heavy (non-hydrogen) atoms. The summed E-state index contributed by atoms with van der Waals surface area (Å²) in [5.41, 5.74) is -0.411. The summed E-state index contributed by atoms with van der Waals surface area (Å²) < 4.78 is 51.2. The predicted molar refractivity (Wildman–Crippen MR) is 83.2 cm³/mol. The number of amides is 1. The highest BCUT2D eigenvalue weighted by atomic mass is 79.9. The van der Waals surface area contributed by atoms with E-state index in [4.69, 9.17) is 0 Å². The molecule has 0 radical (unpaired) electrons. The van der Waals surface area contributed by atoms with Crippen LogP contribution in [0, 0.1) is 5.82 Å². The van der Waals surface area contributed by atoms with E-state index >= 15 is 0 Å². The summed E-state index contributed by atoms with van der Waals surface area (Å²) >= 11 is 2.82. The number of carbonyl (C=O) groups is 1. The first-order valence-electron chi connectivity index (χ1n) is 6.37. The topological polar surface area (TPSA) is 29.1 Å². The number of alkyl halides is 3. The highest BCUT2D eigenvalue weighted by Gasteiger charge is 2.33. The largest absolute Gasteiger partial charge is 0.417 e. The van der Waals surface area contributed by atoms with Gasteiger partial charge in [-0.15, -0.1) is 0 Å². The van der Waals surface area contributed by atoms with Gasteiger partial charge in [0.25, 0.3) is 0 Å². The minimum Gasteiger partial charge on any atom is -0.322 e. The lowest BCUT2D eigenvalue weighted by Crippen LogP contribution is -2.11. The monoisotopic (exact) mass is 387 g/mol. The molecule has 0 aliphatic rings. The second kappa shape index (κ2) is 6.95. The van der Waals surface area contributed by atoms with Gasteiger partial charge in [0.05, 0.1) is 5.56 Å². The Hall–Kier alpha value is -2.15. The van der Waals surface area contributed by atoms with E-state index in [0.717, 1.165) is 12.1 Å². The van der Waals surface area contributed by atoms with Gasteiger partial charge in [-0.2, -0.15) is 13.2 Å². The molecule has 0 bridgehead atoms. The van der Waals surface area contributed by atoms with Gasteiger partial charge in [-0.25, -0.2) is 4.39 Å². The van der Waals surface area contributed by atoms with Crippen LogP contribution in [0.5, 0.6) is 0 Å². The molecule has 0 aliphatic heterocycles. The van der Waals surface area contributed by atoms with Gasteiger partial charge in [0.2, 0.25) is 5.91 Å². The normalized spacial score (nSPS) is 11.7. The number of hydrogen-bond acceptors (Lipinski definition) is 1. The molecule has 1 N–H and O–H groups in total. The molecule has 0 saturated heterocycles. The summed E-state index contributed by atoms with van der Waals surface area (Å²) in [5, 5.41) is 2.33. The van der Waals surface area contributed by atoms with Crippen molar-refractivity contribution in [3.63, 3.8) is 0 Å². The van der Waals surface area contributed by atoms with E-state index in [1.807, 2.05) is 0 Å². The van der Waals surface area contributed by atoms with E-state index in [1.54, 1.807) is 6.07 Å². The molecular formula is C16H10BrF4NO. The highest BCUT2D eigenvalue weighted by molar-refractivity contribution is 9.10. The van der Waals surface area contributed by atoms with Gasteiger partial charge in [0.15, 0.2) is 0 Å². The van der Waals surface area contributed by atoms with Crippen molar-refractivity contribution in [2.75, 3.05) is 5.32 Å². The van der Waals surface area contributed by atoms with Crippen LogP contribution in [0.3, 0.4) is 0 Å². The Balaban J connectivity index is 2.12. The molecule has 2 aromatic rings. The van der Waals surface area contributed by atoms with Gasteiger partial charge in [-0.1, -0.05) is 28.1 Å². The lowest BCUT2D eigenvalue weighted by Gasteiger charge is -2.11. The Morgan fingerprint density at radius 3 is 2.52 bits per heavy atom. The number of carbonyl (C=O) groups excluding carboxylic acids is 1. The molecule has 7 heteroatoms. The van der Waals surface area contributed by atoms with Gasteiger partial charge in [0, 0.05) is 16.2 Å². The summed E-state index contributed by atoms with van der Waals surface area (Å²) in [6.07, 6.45) is -2.05. The fraction of sp³-hybridized carbons (Fsp3) is 0.0625. The maximum Gasteiger partial charge on any atom is 0.417 e. The van der Waals surface area contributed by atoms with Crippen molar-refractivity contribution in [1.82, 2.24) is 0 Å². The zero-order valence-corrected chi connectivity index (χ0v) is 13.1. The lowest BCUT2D eigenvalue weighted by atomic mass is 10.2. The summed E-state index contributed by atoms with van der Waals surface area (Å²) in [6.45, 7) is 0. The highest BCUT2D eigenvalue weighted by Crippen LogP contribution is 2.36. The Labute approximate surface area is 137 Å². The Morgan fingerprint density at radius 2 is 1.87 bits per heavy atom.